The first-order valence-corrected chi connectivity index (χ1v) is 7.24. The summed E-state index contributed by atoms with van der Waals surface area (Å²) in [5, 5.41) is 3.81. The van der Waals surface area contributed by atoms with Crippen LogP contribution in [0.25, 0.3) is 11.1 Å². The largest absolute Gasteiger partial charge is 0.431 e. The number of oxazole rings is 1. The van der Waals surface area contributed by atoms with Crippen LogP contribution in [0.15, 0.2) is 57.1 Å². The number of pyridine rings is 1. The van der Waals surface area contributed by atoms with Gasteiger partial charge in [0.2, 0.25) is 0 Å². The maximum atomic E-state index is 5.68. The van der Waals surface area contributed by atoms with Gasteiger partial charge in [0.25, 0.3) is 5.22 Å². The van der Waals surface area contributed by atoms with E-state index in [-0.39, 0.29) is 6.04 Å². The van der Waals surface area contributed by atoms with E-state index < -0.39 is 0 Å². The highest BCUT2D eigenvalue weighted by atomic mass is 32.2. The Hall–Kier alpha value is -1.85. The summed E-state index contributed by atoms with van der Waals surface area (Å²) in [6.07, 6.45) is 1.85. The zero-order valence-electron chi connectivity index (χ0n) is 11.3. The third-order valence-electron chi connectivity index (χ3n) is 3.12. The van der Waals surface area contributed by atoms with Crippen molar-refractivity contribution in [3.63, 3.8) is 0 Å². The Balaban J connectivity index is 1.80. The number of nitrogens with one attached hydrogen (secondary N) is 1. The van der Waals surface area contributed by atoms with Gasteiger partial charge in [0.15, 0.2) is 5.58 Å². The second kappa shape index (κ2) is 5.64. The summed E-state index contributed by atoms with van der Waals surface area (Å²) < 4.78 is 5.68. The molecule has 1 unspecified atom stereocenters. The van der Waals surface area contributed by atoms with Crippen LogP contribution in [-0.4, -0.2) is 17.0 Å². The summed E-state index contributed by atoms with van der Waals surface area (Å²) in [5.74, 6) is 0. The summed E-state index contributed by atoms with van der Waals surface area (Å²) in [5.41, 5.74) is 2.71. The van der Waals surface area contributed by atoms with Crippen molar-refractivity contribution in [3.05, 3.63) is 48.3 Å². The van der Waals surface area contributed by atoms with Gasteiger partial charge in [-0.2, -0.15) is 0 Å². The van der Waals surface area contributed by atoms with Crippen LogP contribution in [0.3, 0.4) is 0 Å². The fourth-order valence-electron chi connectivity index (χ4n) is 1.85. The van der Waals surface area contributed by atoms with Crippen LogP contribution in [0, 0.1) is 0 Å². The first-order chi connectivity index (χ1) is 9.76. The Bertz CT molecular complexity index is 675. The highest BCUT2D eigenvalue weighted by Crippen LogP contribution is 2.29. The topological polar surface area (TPSA) is 51.0 Å². The third kappa shape index (κ3) is 2.69. The van der Waals surface area contributed by atoms with Crippen molar-refractivity contribution in [1.29, 1.82) is 0 Å². The molecule has 0 amide bonds. The number of benzene rings is 1. The molecule has 0 saturated carbocycles. The molecule has 0 radical (unpaired) electrons. The molecule has 3 rings (SSSR count). The quantitative estimate of drug-likeness (QED) is 0.793. The van der Waals surface area contributed by atoms with Gasteiger partial charge in [0.1, 0.15) is 5.52 Å². The maximum absolute atomic E-state index is 5.68. The van der Waals surface area contributed by atoms with Gasteiger partial charge < -0.3 is 9.73 Å². The molecule has 0 spiro atoms. The molecule has 2 heterocycles. The molecule has 2 aromatic heterocycles. The number of para-hydroxylation sites is 2. The molecule has 20 heavy (non-hydrogen) atoms. The smallest absolute Gasteiger partial charge is 0.261 e. The molecule has 0 saturated heterocycles. The average Bonchev–Trinajstić information content (AvgIpc) is 2.89. The zero-order valence-corrected chi connectivity index (χ0v) is 12.1. The van der Waals surface area contributed by atoms with Crippen LogP contribution in [-0.2, 0) is 0 Å². The number of aromatic nitrogens is 2. The van der Waals surface area contributed by atoms with Crippen molar-refractivity contribution in [1.82, 2.24) is 15.3 Å². The fourth-order valence-corrected chi connectivity index (χ4v) is 2.57. The highest BCUT2D eigenvalue weighted by Gasteiger charge is 2.08. The lowest BCUT2D eigenvalue weighted by Gasteiger charge is -2.09. The average molecular weight is 285 g/mol. The first kappa shape index (κ1) is 13.1. The predicted octanol–water partition coefficient (Wildman–Crippen LogP) is 3.65. The molecule has 0 fully saturated rings. The van der Waals surface area contributed by atoms with Crippen molar-refractivity contribution >= 4 is 22.9 Å². The molecule has 0 aliphatic rings. The Morgan fingerprint density at radius 3 is 2.75 bits per heavy atom. The number of nitrogens with zero attached hydrogens (tertiary/aromatic N) is 2. The maximum Gasteiger partial charge on any atom is 0.261 e. The summed E-state index contributed by atoms with van der Waals surface area (Å²) in [4.78, 5) is 9.90. The van der Waals surface area contributed by atoms with E-state index in [0.29, 0.717) is 5.22 Å². The Labute approximate surface area is 121 Å². The van der Waals surface area contributed by atoms with E-state index in [0.717, 1.165) is 21.7 Å². The Kier molecular flexibility index (Phi) is 3.71. The minimum absolute atomic E-state index is 0.248. The monoisotopic (exact) mass is 285 g/mol. The standard InChI is InChI=1S/C15H15N3OS/c1-10(16-2)12-8-7-11(9-17-12)20-15-18-13-5-3-4-6-14(13)19-15/h3-10,16H,1-2H3. The van der Waals surface area contributed by atoms with Gasteiger partial charge in [-0.15, -0.1) is 0 Å². The summed E-state index contributed by atoms with van der Waals surface area (Å²) in [6.45, 7) is 2.08. The van der Waals surface area contributed by atoms with Crippen molar-refractivity contribution in [3.8, 4) is 0 Å². The van der Waals surface area contributed by atoms with Gasteiger partial charge in [-0.1, -0.05) is 12.1 Å². The van der Waals surface area contributed by atoms with E-state index in [1.165, 1.54) is 11.8 Å². The van der Waals surface area contributed by atoms with Crippen molar-refractivity contribution in [2.75, 3.05) is 7.05 Å². The molecule has 1 N–H and O–H groups in total. The second-order valence-electron chi connectivity index (χ2n) is 4.48. The molecule has 0 aliphatic carbocycles. The van der Waals surface area contributed by atoms with E-state index in [1.807, 2.05) is 49.6 Å². The molecule has 0 bridgehead atoms. The van der Waals surface area contributed by atoms with Crippen LogP contribution in [0.2, 0.25) is 0 Å². The van der Waals surface area contributed by atoms with Gasteiger partial charge in [-0.25, -0.2) is 4.98 Å². The summed E-state index contributed by atoms with van der Waals surface area (Å²) in [6, 6.07) is 12.1. The van der Waals surface area contributed by atoms with E-state index >= 15 is 0 Å². The van der Waals surface area contributed by atoms with Gasteiger partial charge in [-0.3, -0.25) is 4.98 Å². The highest BCUT2D eigenvalue weighted by molar-refractivity contribution is 7.99. The number of fused-ring (bicyclic) bond motifs is 1. The van der Waals surface area contributed by atoms with Crippen molar-refractivity contribution in [2.45, 2.75) is 23.1 Å². The molecule has 102 valence electrons. The molecule has 5 heteroatoms. The number of rotatable bonds is 4. The Morgan fingerprint density at radius 2 is 2.05 bits per heavy atom. The normalized spacial score (nSPS) is 12.7. The third-order valence-corrected chi connectivity index (χ3v) is 3.94. The number of hydrogen-bond acceptors (Lipinski definition) is 5. The second-order valence-corrected chi connectivity index (χ2v) is 5.50. The minimum atomic E-state index is 0.248. The van der Waals surface area contributed by atoms with Gasteiger partial charge >= 0.3 is 0 Å². The molecule has 3 aromatic rings. The molecule has 1 atom stereocenters. The first-order valence-electron chi connectivity index (χ1n) is 6.43. The SMILES string of the molecule is CNC(C)c1ccc(Sc2nc3ccccc3o2)cn1. The van der Waals surface area contributed by atoms with Crippen molar-refractivity contribution < 1.29 is 4.42 Å². The van der Waals surface area contributed by atoms with Gasteiger partial charge in [0, 0.05) is 17.1 Å². The molecule has 1 aromatic carbocycles. The van der Waals surface area contributed by atoms with E-state index in [9.17, 15) is 0 Å². The van der Waals surface area contributed by atoms with E-state index in [4.69, 9.17) is 4.42 Å². The van der Waals surface area contributed by atoms with E-state index in [2.05, 4.69) is 22.2 Å². The van der Waals surface area contributed by atoms with Gasteiger partial charge in [0.05, 0.1) is 5.69 Å². The lowest BCUT2D eigenvalue weighted by atomic mass is 10.2. The summed E-state index contributed by atoms with van der Waals surface area (Å²) >= 11 is 1.48. The van der Waals surface area contributed by atoms with Gasteiger partial charge in [-0.05, 0) is 50.0 Å². The van der Waals surface area contributed by atoms with E-state index in [1.54, 1.807) is 0 Å². The number of hydrogen-bond donors (Lipinski definition) is 1. The van der Waals surface area contributed by atoms with Crippen molar-refractivity contribution in [2.24, 2.45) is 0 Å². The van der Waals surface area contributed by atoms with Crippen LogP contribution in [0.5, 0.6) is 0 Å². The fraction of sp³-hybridized carbons (Fsp3) is 0.200. The molecular weight excluding hydrogens is 270 g/mol. The van der Waals surface area contributed by atoms with Crippen LogP contribution < -0.4 is 5.32 Å². The zero-order chi connectivity index (χ0) is 13.9. The molecule has 4 nitrogen and oxygen atoms in total. The molecule has 0 aliphatic heterocycles. The Morgan fingerprint density at radius 1 is 1.20 bits per heavy atom. The van der Waals surface area contributed by atoms with Crippen LogP contribution >= 0.6 is 11.8 Å². The lowest BCUT2D eigenvalue weighted by molar-refractivity contribution is 0.489. The van der Waals surface area contributed by atoms with Crippen LogP contribution in [0.1, 0.15) is 18.7 Å². The van der Waals surface area contributed by atoms with Crippen LogP contribution in [0.4, 0.5) is 0 Å². The minimum Gasteiger partial charge on any atom is -0.431 e. The summed E-state index contributed by atoms with van der Waals surface area (Å²) in [7, 11) is 1.92. The predicted molar refractivity (Wildman–Crippen MR) is 79.8 cm³/mol. The molecular formula is C15H15N3OS. The lowest BCUT2D eigenvalue weighted by Crippen LogP contribution is -2.13.